The van der Waals surface area contributed by atoms with E-state index in [1.807, 2.05) is 0 Å². The third kappa shape index (κ3) is 3.03. The van der Waals surface area contributed by atoms with Crippen LogP contribution < -0.4 is 10.6 Å². The number of aryl methyl sites for hydroxylation is 1. The molecule has 7 nitrogen and oxygen atoms in total. The van der Waals surface area contributed by atoms with Crippen LogP contribution in [0.3, 0.4) is 0 Å². The summed E-state index contributed by atoms with van der Waals surface area (Å²) in [5.74, 6) is 2.55. The van der Waals surface area contributed by atoms with E-state index in [9.17, 15) is 4.79 Å². The highest BCUT2D eigenvalue weighted by molar-refractivity contribution is 5.74. The number of hydrogen-bond acceptors (Lipinski definition) is 4. The predicted molar refractivity (Wildman–Crippen MR) is 93.2 cm³/mol. The maximum Gasteiger partial charge on any atom is 0.315 e. The highest BCUT2D eigenvalue weighted by atomic mass is 16.5. The lowest BCUT2D eigenvalue weighted by Gasteiger charge is -2.54. The number of carbonyl (C=O) groups excluding carboxylic acids is 1. The first-order valence-corrected chi connectivity index (χ1v) is 9.64. The zero-order valence-corrected chi connectivity index (χ0v) is 15.3. The first kappa shape index (κ1) is 16.8. The molecule has 1 aromatic heterocycles. The van der Waals surface area contributed by atoms with Crippen LogP contribution in [0.25, 0.3) is 0 Å². The summed E-state index contributed by atoms with van der Waals surface area (Å²) >= 11 is 0. The summed E-state index contributed by atoms with van der Waals surface area (Å²) in [4.78, 5) is 12.3. The molecule has 1 aromatic rings. The molecule has 0 unspecified atom stereocenters. The summed E-state index contributed by atoms with van der Waals surface area (Å²) in [5.41, 5.74) is 0.0167. The number of nitrogens with one attached hydrogen (secondary N) is 2. The maximum atomic E-state index is 12.3. The number of fused-ring (bicyclic) bond motifs is 2. The molecule has 2 fully saturated rings. The zero-order valence-electron chi connectivity index (χ0n) is 15.3. The third-order valence-corrected chi connectivity index (χ3v) is 6.21. The molecule has 3 aliphatic rings. The Bertz CT molecular complexity index is 641. The Kier molecular flexibility index (Phi) is 4.43. The second kappa shape index (κ2) is 6.59. The fourth-order valence-electron chi connectivity index (χ4n) is 4.83. The van der Waals surface area contributed by atoms with Gasteiger partial charge >= 0.3 is 6.03 Å². The number of nitrogens with zero attached hydrogens (tertiary/aromatic N) is 3. The molecule has 1 saturated heterocycles. The van der Waals surface area contributed by atoms with Gasteiger partial charge in [0.15, 0.2) is 0 Å². The lowest BCUT2D eigenvalue weighted by Crippen LogP contribution is -2.67. The van der Waals surface area contributed by atoms with Crippen molar-refractivity contribution in [2.24, 2.45) is 11.3 Å². The van der Waals surface area contributed by atoms with Crippen molar-refractivity contribution in [3.05, 3.63) is 11.6 Å². The summed E-state index contributed by atoms with van der Waals surface area (Å²) < 4.78 is 8.02. The number of hydrogen-bond donors (Lipinski definition) is 2. The van der Waals surface area contributed by atoms with Crippen LogP contribution in [-0.2, 0) is 24.1 Å². The molecule has 138 valence electrons. The summed E-state index contributed by atoms with van der Waals surface area (Å²) in [5, 5.41) is 14.8. The molecule has 1 saturated carbocycles. The first-order chi connectivity index (χ1) is 12.1. The van der Waals surface area contributed by atoms with E-state index in [4.69, 9.17) is 4.74 Å². The molecule has 0 bridgehead atoms. The average Bonchev–Trinajstić information content (AvgIpc) is 3.12. The molecule has 2 aliphatic heterocycles. The quantitative estimate of drug-likeness (QED) is 0.868. The second-order valence-electron chi connectivity index (χ2n) is 8.19. The number of urea groups is 1. The fourth-order valence-corrected chi connectivity index (χ4v) is 4.83. The largest absolute Gasteiger partial charge is 0.377 e. The Labute approximate surface area is 148 Å². The van der Waals surface area contributed by atoms with E-state index in [1.165, 1.54) is 19.3 Å². The van der Waals surface area contributed by atoms with E-state index in [1.54, 1.807) is 0 Å². The highest BCUT2D eigenvalue weighted by Gasteiger charge is 2.59. The first-order valence-electron chi connectivity index (χ1n) is 9.64. The van der Waals surface area contributed by atoms with E-state index < -0.39 is 0 Å². The van der Waals surface area contributed by atoms with Gasteiger partial charge < -0.3 is 19.9 Å². The van der Waals surface area contributed by atoms with Crippen LogP contribution in [0.1, 0.15) is 51.2 Å². The molecule has 25 heavy (non-hydrogen) atoms. The molecule has 4 rings (SSSR count). The van der Waals surface area contributed by atoms with Gasteiger partial charge in [0.1, 0.15) is 11.6 Å². The number of carbonyl (C=O) groups is 1. The van der Waals surface area contributed by atoms with Gasteiger partial charge in [-0.2, -0.15) is 0 Å². The molecule has 0 aromatic carbocycles. The minimum absolute atomic E-state index is 0.0167. The summed E-state index contributed by atoms with van der Waals surface area (Å²) in [7, 11) is 0. The predicted octanol–water partition coefficient (Wildman–Crippen LogP) is 1.66. The van der Waals surface area contributed by atoms with Crippen LogP contribution in [0.4, 0.5) is 4.79 Å². The Hall–Kier alpha value is -1.63. The molecule has 2 N–H and O–H groups in total. The van der Waals surface area contributed by atoms with E-state index >= 15 is 0 Å². The highest BCUT2D eigenvalue weighted by Crippen LogP contribution is 2.52. The van der Waals surface area contributed by atoms with Gasteiger partial charge in [0.2, 0.25) is 0 Å². The average molecular weight is 347 g/mol. The SMILES string of the molecule is CC1(C)[C@H](NC(=O)NCCc2nnc3n2CCCCC3)[C@H]2CCO[C@@H]21. The van der Waals surface area contributed by atoms with Gasteiger partial charge in [-0.15, -0.1) is 10.2 Å². The molecule has 7 heteroatoms. The summed E-state index contributed by atoms with van der Waals surface area (Å²) in [6.45, 7) is 6.76. The Morgan fingerprint density at radius 1 is 1.32 bits per heavy atom. The van der Waals surface area contributed by atoms with Gasteiger partial charge in [-0.1, -0.05) is 20.3 Å². The number of rotatable bonds is 4. The van der Waals surface area contributed by atoms with Gasteiger partial charge in [0.05, 0.1) is 6.10 Å². The molecule has 1 aliphatic carbocycles. The normalized spacial score (nSPS) is 29.9. The standard InChI is InChI=1S/C18H29N5O2/c1-18(2)15(12-8-11-25-16(12)18)20-17(24)19-9-7-14-22-21-13-6-4-3-5-10-23(13)14/h12,15-16H,3-11H2,1-2H3,(H2,19,20,24)/t12-,15-,16+/m1/s1. The number of aromatic nitrogens is 3. The fraction of sp³-hybridized carbons (Fsp3) is 0.833. The van der Waals surface area contributed by atoms with Crippen LogP contribution in [0.15, 0.2) is 0 Å². The van der Waals surface area contributed by atoms with E-state index in [2.05, 4.69) is 39.2 Å². The zero-order chi connectivity index (χ0) is 17.4. The minimum atomic E-state index is -0.0842. The number of amides is 2. The summed E-state index contributed by atoms with van der Waals surface area (Å²) in [6, 6.07) is 0.114. The number of ether oxygens (including phenoxy) is 1. The van der Waals surface area contributed by atoms with Crippen LogP contribution in [0.5, 0.6) is 0 Å². The van der Waals surface area contributed by atoms with Crippen molar-refractivity contribution < 1.29 is 9.53 Å². The molecule has 0 radical (unpaired) electrons. The van der Waals surface area contributed by atoms with Gasteiger partial charge in [-0.3, -0.25) is 0 Å². The van der Waals surface area contributed by atoms with E-state index in [0.29, 0.717) is 18.6 Å². The smallest absolute Gasteiger partial charge is 0.315 e. The van der Waals surface area contributed by atoms with E-state index in [-0.39, 0.29) is 17.5 Å². The van der Waals surface area contributed by atoms with Crippen molar-refractivity contribution in [1.82, 2.24) is 25.4 Å². The topological polar surface area (TPSA) is 81.1 Å². The van der Waals surface area contributed by atoms with Crippen molar-refractivity contribution >= 4 is 6.03 Å². The lowest BCUT2D eigenvalue weighted by atomic mass is 9.57. The van der Waals surface area contributed by atoms with Gasteiger partial charge in [-0.25, -0.2) is 4.79 Å². The molecular weight excluding hydrogens is 318 g/mol. The molecular formula is C18H29N5O2. The van der Waals surface area contributed by atoms with Crippen LogP contribution >= 0.6 is 0 Å². The van der Waals surface area contributed by atoms with Crippen LogP contribution in [0, 0.1) is 11.3 Å². The van der Waals surface area contributed by atoms with Crippen molar-refractivity contribution in [2.75, 3.05) is 13.2 Å². The van der Waals surface area contributed by atoms with Crippen LogP contribution in [-0.4, -0.2) is 46.1 Å². The Balaban J connectivity index is 1.27. The Morgan fingerprint density at radius 2 is 2.20 bits per heavy atom. The lowest BCUT2D eigenvalue weighted by molar-refractivity contribution is -0.108. The molecule has 2 amide bonds. The van der Waals surface area contributed by atoms with Crippen molar-refractivity contribution in [3.63, 3.8) is 0 Å². The van der Waals surface area contributed by atoms with E-state index in [0.717, 1.165) is 44.1 Å². The molecule has 3 atom stereocenters. The maximum absolute atomic E-state index is 12.3. The summed E-state index contributed by atoms with van der Waals surface area (Å²) in [6.07, 6.45) is 6.72. The van der Waals surface area contributed by atoms with Crippen LogP contribution in [0.2, 0.25) is 0 Å². The van der Waals surface area contributed by atoms with Gasteiger partial charge in [0, 0.05) is 49.9 Å². The second-order valence-corrected chi connectivity index (χ2v) is 8.19. The Morgan fingerprint density at radius 3 is 3.08 bits per heavy atom. The van der Waals surface area contributed by atoms with Gasteiger partial charge in [-0.05, 0) is 19.3 Å². The monoisotopic (exact) mass is 347 g/mol. The molecule has 0 spiro atoms. The molecule has 3 heterocycles. The van der Waals surface area contributed by atoms with Crippen molar-refractivity contribution in [1.29, 1.82) is 0 Å². The minimum Gasteiger partial charge on any atom is -0.377 e. The van der Waals surface area contributed by atoms with Crippen molar-refractivity contribution in [2.45, 2.75) is 71.1 Å². The van der Waals surface area contributed by atoms with Crippen molar-refractivity contribution in [3.8, 4) is 0 Å². The van der Waals surface area contributed by atoms with Gasteiger partial charge in [0.25, 0.3) is 0 Å². The third-order valence-electron chi connectivity index (χ3n) is 6.21.